The molecule has 0 aliphatic rings. The Kier molecular flexibility index (Phi) is 6.66. The van der Waals surface area contributed by atoms with Crippen LogP contribution in [-0.4, -0.2) is 18.0 Å². The van der Waals surface area contributed by atoms with Gasteiger partial charge in [0.05, 0.1) is 0 Å². The standard InChI is InChI=1S/C11H21N/c1-5-9-12(6-2)10-7-8-11(3)4/h11H,5-6,8-9H2,1-4H3. The Morgan fingerprint density at radius 3 is 2.33 bits per heavy atom. The van der Waals surface area contributed by atoms with E-state index in [1.807, 2.05) is 0 Å². The van der Waals surface area contributed by atoms with Crippen LogP contribution < -0.4 is 0 Å². The van der Waals surface area contributed by atoms with Crippen molar-refractivity contribution in [3.05, 3.63) is 0 Å². The van der Waals surface area contributed by atoms with Gasteiger partial charge in [0.2, 0.25) is 0 Å². The normalized spacial score (nSPS) is 9.42. The van der Waals surface area contributed by atoms with Crippen LogP contribution in [-0.2, 0) is 0 Å². The Labute approximate surface area is 77.1 Å². The van der Waals surface area contributed by atoms with Gasteiger partial charge in [-0.3, -0.25) is 0 Å². The predicted octanol–water partition coefficient (Wildman–Crippen LogP) is 2.73. The highest BCUT2D eigenvalue weighted by atomic mass is 15.1. The van der Waals surface area contributed by atoms with Gasteiger partial charge in [-0.05, 0) is 19.3 Å². The summed E-state index contributed by atoms with van der Waals surface area (Å²) in [6.07, 6.45) is 2.20. The molecule has 0 bridgehead atoms. The number of rotatable bonds is 4. The van der Waals surface area contributed by atoms with E-state index >= 15 is 0 Å². The van der Waals surface area contributed by atoms with Gasteiger partial charge in [-0.25, -0.2) is 0 Å². The van der Waals surface area contributed by atoms with Gasteiger partial charge in [0.25, 0.3) is 0 Å². The summed E-state index contributed by atoms with van der Waals surface area (Å²) in [6.45, 7) is 10.9. The second-order valence-corrected chi connectivity index (χ2v) is 3.47. The Balaban J connectivity index is 3.71. The van der Waals surface area contributed by atoms with E-state index < -0.39 is 0 Å². The van der Waals surface area contributed by atoms with Crippen molar-refractivity contribution in [2.75, 3.05) is 13.1 Å². The summed E-state index contributed by atoms with van der Waals surface area (Å²) < 4.78 is 0. The van der Waals surface area contributed by atoms with Crippen molar-refractivity contribution in [2.24, 2.45) is 5.92 Å². The molecule has 70 valence electrons. The van der Waals surface area contributed by atoms with Crippen molar-refractivity contribution in [2.45, 2.75) is 40.5 Å². The highest BCUT2D eigenvalue weighted by Gasteiger charge is 1.92. The lowest BCUT2D eigenvalue weighted by Gasteiger charge is -2.12. The highest BCUT2D eigenvalue weighted by Crippen LogP contribution is 1.96. The zero-order valence-electron chi connectivity index (χ0n) is 8.85. The summed E-state index contributed by atoms with van der Waals surface area (Å²) in [4.78, 5) is 2.18. The fourth-order valence-electron chi connectivity index (χ4n) is 0.925. The summed E-state index contributed by atoms with van der Waals surface area (Å²) in [5.41, 5.74) is 0. The lowest BCUT2D eigenvalue weighted by Crippen LogP contribution is -2.17. The fourth-order valence-corrected chi connectivity index (χ4v) is 0.925. The Morgan fingerprint density at radius 1 is 1.25 bits per heavy atom. The van der Waals surface area contributed by atoms with Crippen LogP contribution in [0.2, 0.25) is 0 Å². The molecule has 12 heavy (non-hydrogen) atoms. The molecule has 0 N–H and O–H groups in total. The van der Waals surface area contributed by atoms with Crippen molar-refractivity contribution in [3.63, 3.8) is 0 Å². The molecule has 0 aliphatic carbocycles. The quantitative estimate of drug-likeness (QED) is 0.459. The molecule has 0 aliphatic heterocycles. The molecule has 1 heteroatoms. The van der Waals surface area contributed by atoms with Gasteiger partial charge >= 0.3 is 0 Å². The topological polar surface area (TPSA) is 3.24 Å². The van der Waals surface area contributed by atoms with E-state index in [4.69, 9.17) is 0 Å². The molecule has 0 atom stereocenters. The minimum Gasteiger partial charge on any atom is -0.333 e. The van der Waals surface area contributed by atoms with Crippen LogP contribution in [0.15, 0.2) is 0 Å². The van der Waals surface area contributed by atoms with Gasteiger partial charge in [-0.1, -0.05) is 26.7 Å². The molecule has 0 spiro atoms. The van der Waals surface area contributed by atoms with E-state index in [2.05, 4.69) is 44.6 Å². The van der Waals surface area contributed by atoms with Gasteiger partial charge in [-0.2, -0.15) is 0 Å². The smallest absolute Gasteiger partial charge is 0.0257 e. The van der Waals surface area contributed by atoms with Gasteiger partial charge in [-0.15, -0.1) is 0 Å². The van der Waals surface area contributed by atoms with E-state index in [0.29, 0.717) is 5.92 Å². The first-order chi connectivity index (χ1) is 5.70. The highest BCUT2D eigenvalue weighted by molar-refractivity contribution is 4.98. The van der Waals surface area contributed by atoms with Crippen molar-refractivity contribution < 1.29 is 0 Å². The van der Waals surface area contributed by atoms with E-state index in [-0.39, 0.29) is 0 Å². The van der Waals surface area contributed by atoms with Crippen LogP contribution >= 0.6 is 0 Å². The first-order valence-electron chi connectivity index (χ1n) is 4.94. The molecular formula is C11H21N. The molecular weight excluding hydrogens is 146 g/mol. The van der Waals surface area contributed by atoms with Crippen LogP contribution in [0.5, 0.6) is 0 Å². The van der Waals surface area contributed by atoms with Crippen molar-refractivity contribution >= 4 is 0 Å². The summed E-state index contributed by atoms with van der Waals surface area (Å²) in [7, 11) is 0. The molecule has 0 heterocycles. The van der Waals surface area contributed by atoms with E-state index in [1.165, 1.54) is 6.42 Å². The van der Waals surface area contributed by atoms with Gasteiger partial charge in [0.1, 0.15) is 0 Å². The minimum atomic E-state index is 0.692. The molecule has 0 aromatic carbocycles. The van der Waals surface area contributed by atoms with Crippen LogP contribution in [0.3, 0.4) is 0 Å². The molecule has 0 fully saturated rings. The van der Waals surface area contributed by atoms with Gasteiger partial charge in [0, 0.05) is 25.6 Å². The second-order valence-electron chi connectivity index (χ2n) is 3.47. The molecule has 0 saturated heterocycles. The summed E-state index contributed by atoms with van der Waals surface area (Å²) in [6, 6.07) is 3.18. The zero-order chi connectivity index (χ0) is 9.40. The maximum atomic E-state index is 3.20. The van der Waals surface area contributed by atoms with Crippen LogP contribution in [0.25, 0.3) is 0 Å². The van der Waals surface area contributed by atoms with Crippen LogP contribution in [0.4, 0.5) is 0 Å². The SMILES string of the molecule is CCCN(C#CCC(C)C)CC. The average molecular weight is 167 g/mol. The summed E-state index contributed by atoms with van der Waals surface area (Å²) >= 11 is 0. The Hall–Kier alpha value is -0.640. The summed E-state index contributed by atoms with van der Waals surface area (Å²) in [5, 5.41) is 0. The third-order valence-electron chi connectivity index (χ3n) is 1.62. The molecule has 0 aromatic rings. The van der Waals surface area contributed by atoms with Gasteiger partial charge < -0.3 is 4.90 Å². The predicted molar refractivity (Wildman–Crippen MR) is 54.8 cm³/mol. The number of hydrogen-bond donors (Lipinski definition) is 0. The number of nitrogens with zero attached hydrogens (tertiary/aromatic N) is 1. The average Bonchev–Trinajstić information content (AvgIpc) is 2.02. The van der Waals surface area contributed by atoms with Gasteiger partial charge in [0.15, 0.2) is 0 Å². The molecule has 0 radical (unpaired) electrons. The Morgan fingerprint density at radius 2 is 1.92 bits per heavy atom. The molecule has 0 amide bonds. The first-order valence-corrected chi connectivity index (χ1v) is 4.94. The van der Waals surface area contributed by atoms with Crippen molar-refractivity contribution in [1.82, 2.24) is 4.90 Å². The van der Waals surface area contributed by atoms with E-state index in [1.54, 1.807) is 0 Å². The monoisotopic (exact) mass is 167 g/mol. The van der Waals surface area contributed by atoms with Crippen molar-refractivity contribution in [3.8, 4) is 12.0 Å². The minimum absolute atomic E-state index is 0.692. The van der Waals surface area contributed by atoms with E-state index in [0.717, 1.165) is 19.5 Å². The molecule has 0 unspecified atom stereocenters. The lowest BCUT2D eigenvalue weighted by molar-refractivity contribution is 0.418. The zero-order valence-corrected chi connectivity index (χ0v) is 8.85. The first kappa shape index (κ1) is 11.4. The molecule has 0 rings (SSSR count). The maximum Gasteiger partial charge on any atom is 0.0257 e. The maximum absolute atomic E-state index is 3.20. The third kappa shape index (κ3) is 6.09. The van der Waals surface area contributed by atoms with Crippen LogP contribution in [0, 0.1) is 17.9 Å². The summed E-state index contributed by atoms with van der Waals surface area (Å²) in [5.74, 6) is 3.89. The molecule has 1 nitrogen and oxygen atoms in total. The molecule has 0 aromatic heterocycles. The largest absolute Gasteiger partial charge is 0.333 e. The fraction of sp³-hybridized carbons (Fsp3) is 0.818. The van der Waals surface area contributed by atoms with Crippen molar-refractivity contribution in [1.29, 1.82) is 0 Å². The second kappa shape index (κ2) is 7.03. The molecule has 0 saturated carbocycles. The Bertz CT molecular complexity index is 150. The third-order valence-corrected chi connectivity index (χ3v) is 1.62. The van der Waals surface area contributed by atoms with E-state index in [9.17, 15) is 0 Å². The van der Waals surface area contributed by atoms with Crippen LogP contribution in [0.1, 0.15) is 40.5 Å². The lowest BCUT2D eigenvalue weighted by atomic mass is 10.1. The number of hydrogen-bond acceptors (Lipinski definition) is 1.